The lowest BCUT2D eigenvalue weighted by molar-refractivity contribution is 0.251. The summed E-state index contributed by atoms with van der Waals surface area (Å²) in [5.41, 5.74) is 0.582. The topological polar surface area (TPSA) is 63.2 Å². The molecule has 1 fully saturated rings. The van der Waals surface area contributed by atoms with Crippen molar-refractivity contribution < 1.29 is 9.53 Å². The van der Waals surface area contributed by atoms with Gasteiger partial charge in [0, 0.05) is 12.2 Å². The van der Waals surface area contributed by atoms with Crippen molar-refractivity contribution in [2.24, 2.45) is 0 Å². The average molecular weight is 207 g/mol. The number of rotatable bonds is 3. The second-order valence-corrected chi connectivity index (χ2v) is 3.43. The van der Waals surface area contributed by atoms with Crippen LogP contribution in [0.4, 0.5) is 10.5 Å². The monoisotopic (exact) mass is 207 g/mol. The molecule has 2 N–H and O–H groups in total. The fourth-order valence-corrected chi connectivity index (χ4v) is 1.22. The Morgan fingerprint density at radius 3 is 3.07 bits per heavy atom. The Morgan fingerprint density at radius 1 is 1.60 bits per heavy atom. The summed E-state index contributed by atoms with van der Waals surface area (Å²) in [7, 11) is 1.52. The van der Waals surface area contributed by atoms with Crippen molar-refractivity contribution in [1.82, 2.24) is 10.3 Å². The number of urea groups is 1. The van der Waals surface area contributed by atoms with E-state index in [9.17, 15) is 4.79 Å². The zero-order valence-electron chi connectivity index (χ0n) is 8.49. The van der Waals surface area contributed by atoms with E-state index in [1.165, 1.54) is 7.11 Å². The summed E-state index contributed by atoms with van der Waals surface area (Å²) in [4.78, 5) is 15.4. The largest absolute Gasteiger partial charge is 0.480 e. The van der Waals surface area contributed by atoms with E-state index in [-0.39, 0.29) is 6.03 Å². The van der Waals surface area contributed by atoms with E-state index in [1.54, 1.807) is 18.3 Å². The molecule has 0 atom stereocenters. The first-order valence-corrected chi connectivity index (χ1v) is 4.86. The normalized spacial score (nSPS) is 14.5. The van der Waals surface area contributed by atoms with Crippen molar-refractivity contribution in [2.45, 2.75) is 18.9 Å². The molecule has 1 aliphatic rings. The van der Waals surface area contributed by atoms with Gasteiger partial charge in [-0.3, -0.25) is 0 Å². The van der Waals surface area contributed by atoms with Crippen LogP contribution in [-0.4, -0.2) is 24.2 Å². The Hall–Kier alpha value is -1.78. The molecule has 5 heteroatoms. The third-order valence-corrected chi connectivity index (χ3v) is 2.13. The molecule has 15 heavy (non-hydrogen) atoms. The van der Waals surface area contributed by atoms with E-state index in [0.29, 0.717) is 17.6 Å². The molecular formula is C10H13N3O2. The number of carbonyl (C=O) groups is 1. The molecule has 0 bridgehead atoms. The summed E-state index contributed by atoms with van der Waals surface area (Å²) in [5, 5.41) is 5.52. The van der Waals surface area contributed by atoms with Gasteiger partial charge in [0.1, 0.15) is 5.69 Å². The van der Waals surface area contributed by atoms with Crippen LogP contribution >= 0.6 is 0 Å². The van der Waals surface area contributed by atoms with Gasteiger partial charge in [-0.05, 0) is 25.0 Å². The summed E-state index contributed by atoms with van der Waals surface area (Å²) in [6.45, 7) is 0. The highest BCUT2D eigenvalue weighted by Crippen LogP contribution is 2.21. The zero-order chi connectivity index (χ0) is 10.7. The third kappa shape index (κ3) is 2.59. The van der Waals surface area contributed by atoms with Crippen LogP contribution in [0.2, 0.25) is 0 Å². The van der Waals surface area contributed by atoms with Gasteiger partial charge >= 0.3 is 6.03 Å². The van der Waals surface area contributed by atoms with E-state index in [1.807, 2.05) is 0 Å². The maximum atomic E-state index is 11.4. The van der Waals surface area contributed by atoms with Gasteiger partial charge in [0.15, 0.2) is 0 Å². The Balaban J connectivity index is 1.98. The number of anilines is 1. The molecule has 0 saturated heterocycles. The molecule has 80 valence electrons. The van der Waals surface area contributed by atoms with Crippen molar-refractivity contribution in [3.05, 3.63) is 18.3 Å². The van der Waals surface area contributed by atoms with E-state index >= 15 is 0 Å². The van der Waals surface area contributed by atoms with Crippen molar-refractivity contribution in [2.75, 3.05) is 12.4 Å². The molecule has 1 saturated carbocycles. The van der Waals surface area contributed by atoms with E-state index in [4.69, 9.17) is 4.74 Å². The van der Waals surface area contributed by atoms with Gasteiger partial charge in [-0.1, -0.05) is 0 Å². The van der Waals surface area contributed by atoms with Gasteiger partial charge in [-0.15, -0.1) is 0 Å². The number of nitrogens with zero attached hydrogens (tertiary/aromatic N) is 1. The predicted molar refractivity (Wildman–Crippen MR) is 56.0 cm³/mol. The van der Waals surface area contributed by atoms with Crippen molar-refractivity contribution in [1.29, 1.82) is 0 Å². The Bertz CT molecular complexity index is 363. The molecule has 0 radical (unpaired) electrons. The predicted octanol–water partition coefficient (Wildman–Crippen LogP) is 1.37. The fraction of sp³-hybridized carbons (Fsp3) is 0.400. The summed E-state index contributed by atoms with van der Waals surface area (Å²) < 4.78 is 5.01. The Labute approximate surface area is 87.8 Å². The first-order chi connectivity index (χ1) is 7.29. The number of hydrogen-bond acceptors (Lipinski definition) is 3. The van der Waals surface area contributed by atoms with Crippen LogP contribution in [0.1, 0.15) is 12.8 Å². The van der Waals surface area contributed by atoms with E-state index in [0.717, 1.165) is 12.8 Å². The number of hydrogen-bond donors (Lipinski definition) is 2. The van der Waals surface area contributed by atoms with Gasteiger partial charge in [0.25, 0.3) is 0 Å². The molecule has 0 unspecified atom stereocenters. The van der Waals surface area contributed by atoms with E-state index < -0.39 is 0 Å². The number of ether oxygens (including phenoxy) is 1. The second kappa shape index (κ2) is 4.16. The minimum Gasteiger partial charge on any atom is -0.480 e. The van der Waals surface area contributed by atoms with Crippen LogP contribution in [0.3, 0.4) is 0 Å². The first-order valence-electron chi connectivity index (χ1n) is 4.86. The molecule has 1 aliphatic carbocycles. The standard InChI is InChI=1S/C10H13N3O2/c1-15-9-8(3-2-6-11-9)13-10(14)12-7-4-5-7/h2-3,6-7H,4-5H2,1H3,(H2,12,13,14). The van der Waals surface area contributed by atoms with Gasteiger partial charge < -0.3 is 15.4 Å². The van der Waals surface area contributed by atoms with Crippen molar-refractivity contribution in [3.8, 4) is 5.88 Å². The van der Waals surface area contributed by atoms with Crippen LogP contribution in [0.15, 0.2) is 18.3 Å². The molecule has 1 aromatic heterocycles. The fourth-order valence-electron chi connectivity index (χ4n) is 1.22. The molecule has 0 spiro atoms. The highest BCUT2D eigenvalue weighted by atomic mass is 16.5. The molecule has 1 aromatic rings. The SMILES string of the molecule is COc1ncccc1NC(=O)NC1CC1. The highest BCUT2D eigenvalue weighted by Gasteiger charge is 2.23. The zero-order valence-corrected chi connectivity index (χ0v) is 8.49. The summed E-state index contributed by atoms with van der Waals surface area (Å²) in [6, 6.07) is 3.63. The smallest absolute Gasteiger partial charge is 0.319 e. The summed E-state index contributed by atoms with van der Waals surface area (Å²) in [5.74, 6) is 0.420. The van der Waals surface area contributed by atoms with Crippen molar-refractivity contribution >= 4 is 11.7 Å². The maximum absolute atomic E-state index is 11.4. The summed E-state index contributed by atoms with van der Waals surface area (Å²) >= 11 is 0. The lowest BCUT2D eigenvalue weighted by Gasteiger charge is -2.09. The molecule has 5 nitrogen and oxygen atoms in total. The minimum atomic E-state index is -0.205. The number of nitrogens with one attached hydrogen (secondary N) is 2. The molecule has 0 aromatic carbocycles. The molecule has 2 amide bonds. The van der Waals surface area contributed by atoms with Crippen LogP contribution in [0, 0.1) is 0 Å². The lowest BCUT2D eigenvalue weighted by Crippen LogP contribution is -2.30. The molecule has 2 rings (SSSR count). The van der Waals surface area contributed by atoms with Crippen LogP contribution < -0.4 is 15.4 Å². The highest BCUT2D eigenvalue weighted by molar-refractivity contribution is 5.90. The Kier molecular flexibility index (Phi) is 2.71. The molecule has 0 aliphatic heterocycles. The van der Waals surface area contributed by atoms with Crippen LogP contribution in [0.25, 0.3) is 0 Å². The second-order valence-electron chi connectivity index (χ2n) is 3.43. The maximum Gasteiger partial charge on any atom is 0.319 e. The average Bonchev–Trinajstić information content (AvgIpc) is 3.02. The van der Waals surface area contributed by atoms with Gasteiger partial charge in [-0.2, -0.15) is 0 Å². The number of amides is 2. The lowest BCUT2D eigenvalue weighted by atomic mass is 10.4. The third-order valence-electron chi connectivity index (χ3n) is 2.13. The van der Waals surface area contributed by atoms with Gasteiger partial charge in [0.2, 0.25) is 5.88 Å². The number of aromatic nitrogens is 1. The minimum absolute atomic E-state index is 0.205. The number of pyridine rings is 1. The quantitative estimate of drug-likeness (QED) is 0.786. The van der Waals surface area contributed by atoms with E-state index in [2.05, 4.69) is 15.6 Å². The number of carbonyl (C=O) groups excluding carboxylic acids is 1. The van der Waals surface area contributed by atoms with Gasteiger partial charge in [-0.25, -0.2) is 9.78 Å². The summed E-state index contributed by atoms with van der Waals surface area (Å²) in [6.07, 6.45) is 3.75. The number of methoxy groups -OCH3 is 1. The molecule has 1 heterocycles. The van der Waals surface area contributed by atoms with Crippen LogP contribution in [0.5, 0.6) is 5.88 Å². The first kappa shape index (κ1) is 9.76. The van der Waals surface area contributed by atoms with Crippen molar-refractivity contribution in [3.63, 3.8) is 0 Å². The Morgan fingerprint density at radius 2 is 2.40 bits per heavy atom. The van der Waals surface area contributed by atoms with Gasteiger partial charge in [0.05, 0.1) is 7.11 Å². The van der Waals surface area contributed by atoms with Crippen LogP contribution in [-0.2, 0) is 0 Å². The molecular weight excluding hydrogens is 194 g/mol.